The molecule has 0 unspecified atom stereocenters. The van der Waals surface area contributed by atoms with E-state index < -0.39 is 9.84 Å². The third-order valence-corrected chi connectivity index (χ3v) is 4.35. The van der Waals surface area contributed by atoms with Gasteiger partial charge in [-0.25, -0.2) is 13.4 Å². The zero-order chi connectivity index (χ0) is 14.0. The summed E-state index contributed by atoms with van der Waals surface area (Å²) in [4.78, 5) is 4.21. The summed E-state index contributed by atoms with van der Waals surface area (Å²) in [7, 11) is -3.03. The minimum Gasteiger partial charge on any atom is -0.330 e. The van der Waals surface area contributed by atoms with Gasteiger partial charge in [-0.3, -0.25) is 0 Å². The average Bonchev–Trinajstić information content (AvgIpc) is 2.77. The molecule has 0 fully saturated rings. The lowest BCUT2D eigenvalue weighted by Gasteiger charge is -2.09. The van der Waals surface area contributed by atoms with Gasteiger partial charge in [-0.2, -0.15) is 0 Å². The van der Waals surface area contributed by atoms with Gasteiger partial charge in [0.05, 0.1) is 15.8 Å². The van der Waals surface area contributed by atoms with Gasteiger partial charge < -0.3 is 4.57 Å². The Kier molecular flexibility index (Phi) is 4.18. The standard InChI is InChI=1S/C12H12Cl2N2O2S/c1-19(17,18)8-7-16-6-5-15-12(16)9-3-2-4-10(13)11(9)14/h2-6H,7-8H2,1H3. The van der Waals surface area contributed by atoms with Gasteiger partial charge in [0.2, 0.25) is 0 Å². The molecule has 0 aliphatic carbocycles. The number of aryl methyl sites for hydroxylation is 1. The van der Waals surface area contributed by atoms with Crippen LogP contribution < -0.4 is 0 Å². The van der Waals surface area contributed by atoms with Crippen molar-refractivity contribution in [3.8, 4) is 11.4 Å². The van der Waals surface area contributed by atoms with E-state index in [4.69, 9.17) is 23.2 Å². The lowest BCUT2D eigenvalue weighted by molar-refractivity contribution is 0.595. The molecule has 0 bridgehead atoms. The van der Waals surface area contributed by atoms with E-state index in [2.05, 4.69) is 4.98 Å². The number of rotatable bonds is 4. The molecule has 0 radical (unpaired) electrons. The normalized spacial score (nSPS) is 11.7. The molecule has 0 saturated carbocycles. The SMILES string of the molecule is CS(=O)(=O)CCn1ccnc1-c1cccc(Cl)c1Cl. The average molecular weight is 319 g/mol. The Morgan fingerprint density at radius 1 is 1.32 bits per heavy atom. The molecule has 1 aromatic heterocycles. The molecule has 19 heavy (non-hydrogen) atoms. The van der Waals surface area contributed by atoms with Crippen molar-refractivity contribution in [3.63, 3.8) is 0 Å². The molecular formula is C12H12Cl2N2O2S. The molecule has 102 valence electrons. The first-order valence-corrected chi connectivity index (χ1v) is 8.33. The van der Waals surface area contributed by atoms with E-state index in [1.807, 2.05) is 0 Å². The fraction of sp³-hybridized carbons (Fsp3) is 0.250. The highest BCUT2D eigenvalue weighted by atomic mass is 35.5. The molecule has 0 N–H and O–H groups in total. The first-order chi connectivity index (χ1) is 8.88. The van der Waals surface area contributed by atoms with Crippen LogP contribution in [0, 0.1) is 0 Å². The number of aromatic nitrogens is 2. The van der Waals surface area contributed by atoms with E-state index in [0.29, 0.717) is 28.0 Å². The van der Waals surface area contributed by atoms with Gasteiger partial charge in [0.15, 0.2) is 0 Å². The van der Waals surface area contributed by atoms with E-state index in [-0.39, 0.29) is 5.75 Å². The van der Waals surface area contributed by atoms with Crippen LogP contribution in [-0.2, 0) is 16.4 Å². The summed E-state index contributed by atoms with van der Waals surface area (Å²) in [6.45, 7) is 0.330. The van der Waals surface area contributed by atoms with Crippen LogP contribution in [0.3, 0.4) is 0 Å². The summed E-state index contributed by atoms with van der Waals surface area (Å²) >= 11 is 12.1. The monoisotopic (exact) mass is 318 g/mol. The fourth-order valence-corrected chi connectivity index (χ4v) is 2.59. The minimum absolute atomic E-state index is 0.0501. The number of nitrogens with zero attached hydrogens (tertiary/aromatic N) is 2. The van der Waals surface area contributed by atoms with Crippen molar-refractivity contribution in [1.29, 1.82) is 0 Å². The predicted octanol–water partition coefficient (Wildman–Crippen LogP) is 2.90. The Hall–Kier alpha value is -1.04. The molecule has 7 heteroatoms. The number of sulfone groups is 1. The quantitative estimate of drug-likeness (QED) is 0.871. The number of benzene rings is 1. The largest absolute Gasteiger partial charge is 0.330 e. The maximum absolute atomic E-state index is 11.2. The molecule has 1 aromatic carbocycles. The zero-order valence-corrected chi connectivity index (χ0v) is 12.5. The number of hydrogen-bond donors (Lipinski definition) is 0. The Morgan fingerprint density at radius 3 is 2.74 bits per heavy atom. The highest BCUT2D eigenvalue weighted by Gasteiger charge is 2.13. The van der Waals surface area contributed by atoms with Crippen molar-refractivity contribution >= 4 is 33.0 Å². The topological polar surface area (TPSA) is 52.0 Å². The van der Waals surface area contributed by atoms with E-state index in [1.54, 1.807) is 35.2 Å². The third kappa shape index (κ3) is 3.49. The van der Waals surface area contributed by atoms with Crippen LogP contribution >= 0.6 is 23.2 Å². The first-order valence-electron chi connectivity index (χ1n) is 5.52. The Balaban J connectivity index is 2.36. The molecule has 0 atom stereocenters. The van der Waals surface area contributed by atoms with Gasteiger partial charge in [-0.05, 0) is 12.1 Å². The van der Waals surface area contributed by atoms with E-state index in [9.17, 15) is 8.42 Å². The summed E-state index contributed by atoms with van der Waals surface area (Å²) in [6, 6.07) is 5.27. The summed E-state index contributed by atoms with van der Waals surface area (Å²) in [5.41, 5.74) is 0.688. The first kappa shape index (κ1) is 14.4. The molecule has 0 amide bonds. The van der Waals surface area contributed by atoms with Crippen molar-refractivity contribution < 1.29 is 8.42 Å². The maximum Gasteiger partial charge on any atom is 0.149 e. The van der Waals surface area contributed by atoms with Gasteiger partial charge in [0, 0.05) is 30.8 Å². The predicted molar refractivity (Wildman–Crippen MR) is 77.4 cm³/mol. The van der Waals surface area contributed by atoms with Gasteiger partial charge in [0.1, 0.15) is 15.7 Å². The summed E-state index contributed by atoms with van der Waals surface area (Å²) < 4.78 is 24.2. The Labute approximate surface area is 121 Å². The maximum atomic E-state index is 11.2. The number of imidazole rings is 1. The molecule has 0 aliphatic rings. The highest BCUT2D eigenvalue weighted by Crippen LogP contribution is 2.32. The third-order valence-electron chi connectivity index (χ3n) is 2.61. The second kappa shape index (κ2) is 5.53. The molecule has 2 aromatic rings. The summed E-state index contributed by atoms with van der Waals surface area (Å²) in [5, 5.41) is 0.854. The van der Waals surface area contributed by atoms with Crippen molar-refractivity contribution in [3.05, 3.63) is 40.6 Å². The zero-order valence-electron chi connectivity index (χ0n) is 10.2. The van der Waals surface area contributed by atoms with Crippen molar-refractivity contribution in [1.82, 2.24) is 9.55 Å². The molecule has 0 saturated heterocycles. The van der Waals surface area contributed by atoms with Crippen LogP contribution in [0.15, 0.2) is 30.6 Å². The Morgan fingerprint density at radius 2 is 2.05 bits per heavy atom. The van der Waals surface area contributed by atoms with Crippen LogP contribution in [0.2, 0.25) is 10.0 Å². The number of halogens is 2. The smallest absolute Gasteiger partial charge is 0.149 e. The second-order valence-electron chi connectivity index (χ2n) is 4.18. The fourth-order valence-electron chi connectivity index (χ4n) is 1.67. The van der Waals surface area contributed by atoms with Crippen molar-refractivity contribution in [2.45, 2.75) is 6.54 Å². The molecule has 1 heterocycles. The van der Waals surface area contributed by atoms with E-state index >= 15 is 0 Å². The lowest BCUT2D eigenvalue weighted by atomic mass is 10.2. The van der Waals surface area contributed by atoms with Gasteiger partial charge in [-0.1, -0.05) is 29.3 Å². The van der Waals surface area contributed by atoms with Crippen LogP contribution in [0.5, 0.6) is 0 Å². The van der Waals surface area contributed by atoms with E-state index in [0.717, 1.165) is 0 Å². The Bertz CT molecular complexity index is 696. The van der Waals surface area contributed by atoms with E-state index in [1.165, 1.54) is 6.26 Å². The lowest BCUT2D eigenvalue weighted by Crippen LogP contribution is -2.11. The molecule has 0 spiro atoms. The second-order valence-corrected chi connectivity index (χ2v) is 7.22. The minimum atomic E-state index is -3.03. The molecular weight excluding hydrogens is 307 g/mol. The van der Waals surface area contributed by atoms with Crippen LogP contribution in [-0.4, -0.2) is 30.0 Å². The molecule has 2 rings (SSSR count). The van der Waals surface area contributed by atoms with Crippen LogP contribution in [0.1, 0.15) is 0 Å². The van der Waals surface area contributed by atoms with Crippen molar-refractivity contribution in [2.75, 3.05) is 12.0 Å². The number of hydrogen-bond acceptors (Lipinski definition) is 3. The molecule has 0 aliphatic heterocycles. The van der Waals surface area contributed by atoms with Gasteiger partial charge >= 0.3 is 0 Å². The highest BCUT2D eigenvalue weighted by molar-refractivity contribution is 7.90. The van der Waals surface area contributed by atoms with Crippen LogP contribution in [0.4, 0.5) is 0 Å². The van der Waals surface area contributed by atoms with Gasteiger partial charge in [-0.15, -0.1) is 0 Å². The van der Waals surface area contributed by atoms with Crippen molar-refractivity contribution in [2.24, 2.45) is 0 Å². The van der Waals surface area contributed by atoms with Gasteiger partial charge in [0.25, 0.3) is 0 Å². The molecule has 4 nitrogen and oxygen atoms in total. The van der Waals surface area contributed by atoms with Crippen LogP contribution in [0.25, 0.3) is 11.4 Å². The summed E-state index contributed by atoms with van der Waals surface area (Å²) in [5.74, 6) is 0.658. The summed E-state index contributed by atoms with van der Waals surface area (Å²) in [6.07, 6.45) is 4.53.